The van der Waals surface area contributed by atoms with Crippen molar-refractivity contribution in [1.29, 1.82) is 0 Å². The summed E-state index contributed by atoms with van der Waals surface area (Å²) >= 11 is 0. The summed E-state index contributed by atoms with van der Waals surface area (Å²) in [5, 5.41) is 14.7. The molecule has 0 amide bonds. The Kier molecular flexibility index (Phi) is 3.30. The number of aromatic nitrogens is 2. The molecule has 1 aliphatic rings. The number of hydrogen-bond acceptors (Lipinski definition) is 3. The Morgan fingerprint density at radius 2 is 2.12 bits per heavy atom. The van der Waals surface area contributed by atoms with Crippen molar-refractivity contribution in [1.82, 2.24) is 9.78 Å². The van der Waals surface area contributed by atoms with Gasteiger partial charge in [-0.2, -0.15) is 5.10 Å². The first-order chi connectivity index (χ1) is 7.68. The minimum absolute atomic E-state index is 0.424. The standard InChI is InChI=1S/C12H20N2O2/c1-14-9-6-10(13-14)11(15)12(16-2)7-4-3-5-8-12/h6,9,11,15H,3-5,7-8H2,1-2H3. The summed E-state index contributed by atoms with van der Waals surface area (Å²) in [5.41, 5.74) is 0.290. The zero-order valence-corrected chi connectivity index (χ0v) is 10.0. The second-order valence-corrected chi connectivity index (χ2v) is 4.65. The van der Waals surface area contributed by atoms with Gasteiger partial charge < -0.3 is 9.84 Å². The molecule has 1 fully saturated rings. The summed E-state index contributed by atoms with van der Waals surface area (Å²) in [6.45, 7) is 0. The van der Waals surface area contributed by atoms with Crippen LogP contribution in [-0.2, 0) is 11.8 Å². The maximum atomic E-state index is 10.4. The lowest BCUT2D eigenvalue weighted by molar-refractivity contribution is -0.126. The molecule has 4 heteroatoms. The number of methoxy groups -OCH3 is 1. The molecule has 0 spiro atoms. The van der Waals surface area contributed by atoms with Gasteiger partial charge in [0.25, 0.3) is 0 Å². The quantitative estimate of drug-likeness (QED) is 0.851. The molecule has 2 rings (SSSR count). The third kappa shape index (κ3) is 1.99. The van der Waals surface area contributed by atoms with E-state index in [0.29, 0.717) is 5.69 Å². The van der Waals surface area contributed by atoms with Crippen LogP contribution in [0.5, 0.6) is 0 Å². The average molecular weight is 224 g/mol. The Morgan fingerprint density at radius 3 is 2.62 bits per heavy atom. The zero-order valence-electron chi connectivity index (χ0n) is 10.0. The predicted octanol–water partition coefficient (Wildman–Crippen LogP) is 1.80. The lowest BCUT2D eigenvalue weighted by Crippen LogP contribution is -2.40. The van der Waals surface area contributed by atoms with E-state index >= 15 is 0 Å². The van der Waals surface area contributed by atoms with E-state index in [-0.39, 0.29) is 0 Å². The van der Waals surface area contributed by atoms with Crippen LogP contribution in [0.15, 0.2) is 12.3 Å². The molecule has 0 saturated heterocycles. The highest BCUT2D eigenvalue weighted by Gasteiger charge is 2.41. The highest BCUT2D eigenvalue weighted by Crippen LogP contribution is 2.40. The van der Waals surface area contributed by atoms with E-state index in [9.17, 15) is 5.11 Å². The van der Waals surface area contributed by atoms with Crippen molar-refractivity contribution in [3.63, 3.8) is 0 Å². The zero-order chi connectivity index (χ0) is 11.6. The molecular weight excluding hydrogens is 204 g/mol. The molecule has 16 heavy (non-hydrogen) atoms. The van der Waals surface area contributed by atoms with Crippen LogP contribution in [0.1, 0.15) is 43.9 Å². The molecule has 4 nitrogen and oxygen atoms in total. The summed E-state index contributed by atoms with van der Waals surface area (Å²) in [7, 11) is 3.55. The number of ether oxygens (including phenoxy) is 1. The van der Waals surface area contributed by atoms with E-state index in [1.54, 1.807) is 11.8 Å². The largest absolute Gasteiger partial charge is 0.384 e. The van der Waals surface area contributed by atoms with Gasteiger partial charge >= 0.3 is 0 Å². The third-order valence-electron chi connectivity index (χ3n) is 3.62. The maximum absolute atomic E-state index is 10.4. The van der Waals surface area contributed by atoms with Crippen LogP contribution in [0.2, 0.25) is 0 Å². The Balaban J connectivity index is 2.20. The van der Waals surface area contributed by atoms with Gasteiger partial charge in [0.15, 0.2) is 0 Å². The second kappa shape index (κ2) is 4.55. The average Bonchev–Trinajstić information content (AvgIpc) is 2.76. The second-order valence-electron chi connectivity index (χ2n) is 4.65. The molecule has 0 aliphatic heterocycles. The van der Waals surface area contributed by atoms with Crippen molar-refractivity contribution in [2.24, 2.45) is 7.05 Å². The number of aliphatic hydroxyl groups is 1. The summed E-state index contributed by atoms with van der Waals surface area (Å²) in [5.74, 6) is 0. The van der Waals surface area contributed by atoms with Gasteiger partial charge in [-0.05, 0) is 18.9 Å². The third-order valence-corrected chi connectivity index (χ3v) is 3.62. The van der Waals surface area contributed by atoms with Gasteiger partial charge in [0, 0.05) is 20.4 Å². The summed E-state index contributed by atoms with van der Waals surface area (Å²) in [4.78, 5) is 0. The number of aryl methyl sites for hydroxylation is 1. The monoisotopic (exact) mass is 224 g/mol. The summed E-state index contributed by atoms with van der Waals surface area (Å²) in [6.07, 6.45) is 6.56. The molecule has 1 saturated carbocycles. The molecule has 90 valence electrons. The fourth-order valence-electron chi connectivity index (χ4n) is 2.59. The molecule has 1 aromatic heterocycles. The Morgan fingerprint density at radius 1 is 1.44 bits per heavy atom. The molecule has 1 aromatic rings. The van der Waals surface area contributed by atoms with Crippen molar-refractivity contribution in [2.75, 3.05) is 7.11 Å². The summed E-state index contributed by atoms with van der Waals surface area (Å²) in [6, 6.07) is 1.86. The molecule has 1 heterocycles. The number of nitrogens with zero attached hydrogens (tertiary/aromatic N) is 2. The van der Waals surface area contributed by atoms with Gasteiger partial charge in [-0.15, -0.1) is 0 Å². The molecular formula is C12H20N2O2. The van der Waals surface area contributed by atoms with Crippen molar-refractivity contribution in [3.05, 3.63) is 18.0 Å². The smallest absolute Gasteiger partial charge is 0.127 e. The van der Waals surface area contributed by atoms with Crippen molar-refractivity contribution in [2.45, 2.75) is 43.8 Å². The fraction of sp³-hybridized carbons (Fsp3) is 0.750. The molecule has 0 aromatic carbocycles. The van der Waals surface area contributed by atoms with Gasteiger partial charge in [-0.25, -0.2) is 0 Å². The molecule has 1 atom stereocenters. The number of aliphatic hydroxyl groups excluding tert-OH is 1. The van der Waals surface area contributed by atoms with E-state index < -0.39 is 11.7 Å². The van der Waals surface area contributed by atoms with Crippen LogP contribution in [0, 0.1) is 0 Å². The van der Waals surface area contributed by atoms with Crippen LogP contribution in [0.3, 0.4) is 0 Å². The first-order valence-electron chi connectivity index (χ1n) is 5.91. The van der Waals surface area contributed by atoms with E-state index in [2.05, 4.69) is 5.10 Å². The van der Waals surface area contributed by atoms with E-state index in [1.165, 1.54) is 6.42 Å². The Hall–Kier alpha value is -0.870. The van der Waals surface area contributed by atoms with E-state index in [1.807, 2.05) is 19.3 Å². The van der Waals surface area contributed by atoms with Gasteiger partial charge in [0.2, 0.25) is 0 Å². The van der Waals surface area contributed by atoms with Crippen LogP contribution in [-0.4, -0.2) is 27.6 Å². The topological polar surface area (TPSA) is 47.3 Å². The fourth-order valence-corrected chi connectivity index (χ4v) is 2.59. The van der Waals surface area contributed by atoms with Gasteiger partial charge in [0.1, 0.15) is 6.10 Å². The number of hydrogen-bond donors (Lipinski definition) is 1. The molecule has 1 aliphatic carbocycles. The molecule has 1 unspecified atom stereocenters. The first kappa shape index (κ1) is 11.6. The van der Waals surface area contributed by atoms with E-state index in [0.717, 1.165) is 25.7 Å². The van der Waals surface area contributed by atoms with Crippen molar-refractivity contribution < 1.29 is 9.84 Å². The highest BCUT2D eigenvalue weighted by atomic mass is 16.5. The van der Waals surface area contributed by atoms with Gasteiger partial charge in [0.05, 0.1) is 11.3 Å². The SMILES string of the molecule is COC1(C(O)c2ccn(C)n2)CCCCC1. The minimum Gasteiger partial charge on any atom is -0.384 e. The molecule has 1 N–H and O–H groups in total. The normalized spacial score (nSPS) is 21.9. The lowest BCUT2D eigenvalue weighted by Gasteiger charge is -2.39. The van der Waals surface area contributed by atoms with Gasteiger partial charge in [-0.1, -0.05) is 19.3 Å². The lowest BCUT2D eigenvalue weighted by atomic mass is 9.79. The van der Waals surface area contributed by atoms with Crippen molar-refractivity contribution >= 4 is 0 Å². The Labute approximate surface area is 96.2 Å². The highest BCUT2D eigenvalue weighted by molar-refractivity contribution is 5.10. The van der Waals surface area contributed by atoms with Gasteiger partial charge in [-0.3, -0.25) is 4.68 Å². The van der Waals surface area contributed by atoms with Crippen LogP contribution in [0.25, 0.3) is 0 Å². The Bertz CT molecular complexity index is 343. The predicted molar refractivity (Wildman–Crippen MR) is 61.0 cm³/mol. The molecule has 0 bridgehead atoms. The minimum atomic E-state index is -0.612. The van der Waals surface area contributed by atoms with Crippen LogP contribution >= 0.6 is 0 Å². The summed E-state index contributed by atoms with van der Waals surface area (Å²) < 4.78 is 7.32. The first-order valence-corrected chi connectivity index (χ1v) is 5.91. The van der Waals surface area contributed by atoms with Crippen LogP contribution < -0.4 is 0 Å². The number of rotatable bonds is 3. The maximum Gasteiger partial charge on any atom is 0.127 e. The molecule has 0 radical (unpaired) electrons. The van der Waals surface area contributed by atoms with Crippen LogP contribution in [0.4, 0.5) is 0 Å². The van der Waals surface area contributed by atoms with Crippen molar-refractivity contribution in [3.8, 4) is 0 Å². The van der Waals surface area contributed by atoms with E-state index in [4.69, 9.17) is 4.74 Å².